The zero-order chi connectivity index (χ0) is 19.3. The van der Waals surface area contributed by atoms with Crippen molar-refractivity contribution in [3.63, 3.8) is 0 Å². The molecule has 0 saturated heterocycles. The number of nitrogens with zero attached hydrogens (tertiary/aromatic N) is 1. The first kappa shape index (κ1) is 20.0. The number of carbonyl (C=O) groups excluding carboxylic acids is 2. The molecule has 0 aliphatic heterocycles. The SMILES string of the molecule is CCCCOC(=O)c1ccc2c(C(=O)C(F)(F)F)cn(CCCC)c2c1. The fourth-order valence-electron chi connectivity index (χ4n) is 2.66. The Morgan fingerprint density at radius 2 is 1.81 bits per heavy atom. The Morgan fingerprint density at radius 1 is 1.12 bits per heavy atom. The Kier molecular flexibility index (Phi) is 6.45. The molecule has 0 saturated carbocycles. The van der Waals surface area contributed by atoms with Crippen LogP contribution in [0.15, 0.2) is 24.4 Å². The highest BCUT2D eigenvalue weighted by Gasteiger charge is 2.40. The fraction of sp³-hybridized carbons (Fsp3) is 0.474. The molecule has 4 nitrogen and oxygen atoms in total. The smallest absolute Gasteiger partial charge is 0.454 e. The third-order valence-electron chi connectivity index (χ3n) is 4.10. The Morgan fingerprint density at radius 3 is 2.42 bits per heavy atom. The molecule has 1 aromatic carbocycles. The van der Waals surface area contributed by atoms with E-state index < -0.39 is 23.5 Å². The van der Waals surface area contributed by atoms with Gasteiger partial charge in [-0.1, -0.05) is 32.8 Å². The Balaban J connectivity index is 2.44. The van der Waals surface area contributed by atoms with Crippen molar-refractivity contribution >= 4 is 22.7 Å². The minimum Gasteiger partial charge on any atom is -0.462 e. The van der Waals surface area contributed by atoms with Gasteiger partial charge in [0.05, 0.1) is 17.7 Å². The maximum Gasteiger partial charge on any atom is 0.454 e. The quantitative estimate of drug-likeness (QED) is 0.368. The average molecular weight is 369 g/mol. The Bertz CT molecular complexity index is 793. The summed E-state index contributed by atoms with van der Waals surface area (Å²) >= 11 is 0. The molecule has 142 valence electrons. The highest BCUT2D eigenvalue weighted by molar-refractivity contribution is 6.11. The standard InChI is InChI=1S/C19H22F3NO3/c1-3-5-9-23-12-15(17(24)19(20,21)22)14-8-7-13(11-16(14)23)18(25)26-10-6-4-2/h7-8,11-12H,3-6,9-10H2,1-2H3. The molecule has 2 aromatic rings. The van der Waals surface area contributed by atoms with Gasteiger partial charge in [0.1, 0.15) is 0 Å². The number of unbranched alkanes of at least 4 members (excludes halogenated alkanes) is 2. The number of ketones is 1. The third kappa shape index (κ3) is 4.45. The Labute approximate surface area is 149 Å². The van der Waals surface area contributed by atoms with E-state index in [1.165, 1.54) is 24.4 Å². The van der Waals surface area contributed by atoms with E-state index >= 15 is 0 Å². The summed E-state index contributed by atoms with van der Waals surface area (Å²) in [5, 5.41) is 0.188. The first-order valence-electron chi connectivity index (χ1n) is 8.71. The van der Waals surface area contributed by atoms with Crippen LogP contribution in [0.2, 0.25) is 0 Å². The molecule has 7 heteroatoms. The molecule has 0 bridgehead atoms. The highest BCUT2D eigenvalue weighted by Crippen LogP contribution is 2.29. The van der Waals surface area contributed by atoms with Crippen LogP contribution in [0.5, 0.6) is 0 Å². The van der Waals surface area contributed by atoms with Gasteiger partial charge < -0.3 is 9.30 Å². The van der Waals surface area contributed by atoms with Crippen molar-refractivity contribution < 1.29 is 27.5 Å². The number of alkyl halides is 3. The van der Waals surface area contributed by atoms with Gasteiger partial charge in [0, 0.05) is 23.6 Å². The summed E-state index contributed by atoms with van der Waals surface area (Å²) in [5.41, 5.74) is 0.293. The van der Waals surface area contributed by atoms with Crippen LogP contribution < -0.4 is 0 Å². The number of aromatic nitrogens is 1. The van der Waals surface area contributed by atoms with Crippen LogP contribution in [-0.2, 0) is 11.3 Å². The van der Waals surface area contributed by atoms with Crippen LogP contribution in [0.25, 0.3) is 10.9 Å². The molecular weight excluding hydrogens is 347 g/mol. The lowest BCUT2D eigenvalue weighted by atomic mass is 10.1. The van der Waals surface area contributed by atoms with Crippen LogP contribution in [0.4, 0.5) is 13.2 Å². The second-order valence-corrected chi connectivity index (χ2v) is 6.14. The lowest BCUT2D eigenvalue weighted by Crippen LogP contribution is -2.22. The molecule has 0 atom stereocenters. The van der Waals surface area contributed by atoms with Crippen LogP contribution in [0.3, 0.4) is 0 Å². The lowest BCUT2D eigenvalue weighted by molar-refractivity contribution is -0.0884. The molecule has 0 radical (unpaired) electrons. The van der Waals surface area contributed by atoms with Crippen LogP contribution in [0.1, 0.15) is 60.2 Å². The molecule has 0 unspecified atom stereocenters. The van der Waals surface area contributed by atoms with Crippen LogP contribution in [0, 0.1) is 0 Å². The zero-order valence-corrected chi connectivity index (χ0v) is 14.9. The van der Waals surface area contributed by atoms with E-state index in [9.17, 15) is 22.8 Å². The second-order valence-electron chi connectivity index (χ2n) is 6.14. The summed E-state index contributed by atoms with van der Waals surface area (Å²) in [5.74, 6) is -2.40. The van der Waals surface area contributed by atoms with Crippen molar-refractivity contribution in [1.82, 2.24) is 4.57 Å². The number of fused-ring (bicyclic) bond motifs is 1. The second kappa shape index (κ2) is 8.38. The molecule has 0 amide bonds. The fourth-order valence-corrected chi connectivity index (χ4v) is 2.66. The summed E-state index contributed by atoms with van der Waals surface area (Å²) < 4.78 is 45.4. The van der Waals surface area contributed by atoms with Gasteiger partial charge in [0.25, 0.3) is 5.78 Å². The van der Waals surface area contributed by atoms with Gasteiger partial charge in [0.15, 0.2) is 0 Å². The largest absolute Gasteiger partial charge is 0.462 e. The summed E-state index contributed by atoms with van der Waals surface area (Å²) in [6, 6.07) is 4.27. The number of halogens is 3. The number of ether oxygens (including phenoxy) is 1. The van der Waals surface area contributed by atoms with Crippen LogP contribution >= 0.6 is 0 Å². The van der Waals surface area contributed by atoms with Gasteiger partial charge in [-0.3, -0.25) is 4.79 Å². The average Bonchev–Trinajstić information content (AvgIpc) is 2.96. The van der Waals surface area contributed by atoms with Gasteiger partial charge in [-0.15, -0.1) is 0 Å². The van der Waals surface area contributed by atoms with Crippen molar-refractivity contribution in [2.24, 2.45) is 0 Å². The molecule has 0 N–H and O–H groups in total. The highest BCUT2D eigenvalue weighted by atomic mass is 19.4. The maximum atomic E-state index is 12.9. The molecule has 0 aliphatic rings. The molecule has 0 aliphatic carbocycles. The van der Waals surface area contributed by atoms with Crippen molar-refractivity contribution in [2.45, 2.75) is 52.3 Å². The normalized spacial score (nSPS) is 11.7. The number of hydrogen-bond donors (Lipinski definition) is 0. The molecule has 0 spiro atoms. The summed E-state index contributed by atoms with van der Waals surface area (Å²) in [6.07, 6.45) is -0.500. The minimum atomic E-state index is -4.94. The number of Topliss-reactive ketones (excluding diaryl/α,β-unsaturated/α-hetero) is 1. The summed E-state index contributed by atoms with van der Waals surface area (Å²) in [6.45, 7) is 4.69. The van der Waals surface area contributed by atoms with Crippen LogP contribution in [-0.4, -0.2) is 29.1 Å². The summed E-state index contributed by atoms with van der Waals surface area (Å²) in [4.78, 5) is 23.8. The number of carbonyl (C=O) groups is 2. The van der Waals surface area contributed by atoms with Gasteiger partial charge in [-0.05, 0) is 25.0 Å². The van der Waals surface area contributed by atoms with Crippen molar-refractivity contribution in [2.75, 3.05) is 6.61 Å². The molecule has 0 fully saturated rings. The van der Waals surface area contributed by atoms with E-state index in [0.717, 1.165) is 25.7 Å². The number of hydrogen-bond acceptors (Lipinski definition) is 3. The molecule has 1 aromatic heterocycles. The lowest BCUT2D eigenvalue weighted by Gasteiger charge is -2.07. The van der Waals surface area contributed by atoms with Gasteiger partial charge in [-0.25, -0.2) is 4.79 Å². The van der Waals surface area contributed by atoms with Crippen molar-refractivity contribution in [3.05, 3.63) is 35.5 Å². The first-order chi connectivity index (χ1) is 12.3. The number of esters is 1. The van der Waals surface area contributed by atoms with Crippen molar-refractivity contribution in [1.29, 1.82) is 0 Å². The van der Waals surface area contributed by atoms with Gasteiger partial charge in [-0.2, -0.15) is 13.2 Å². The van der Waals surface area contributed by atoms with E-state index in [1.54, 1.807) is 4.57 Å². The van der Waals surface area contributed by atoms with E-state index in [2.05, 4.69) is 0 Å². The topological polar surface area (TPSA) is 48.3 Å². The molecule has 1 heterocycles. The van der Waals surface area contributed by atoms with E-state index in [-0.39, 0.29) is 10.9 Å². The number of benzene rings is 1. The number of aryl methyl sites for hydroxylation is 1. The molecule has 26 heavy (non-hydrogen) atoms. The predicted molar refractivity (Wildman–Crippen MR) is 92.4 cm³/mol. The van der Waals surface area contributed by atoms with Gasteiger partial charge in [0.2, 0.25) is 0 Å². The minimum absolute atomic E-state index is 0.188. The zero-order valence-electron chi connectivity index (χ0n) is 14.9. The van der Waals surface area contributed by atoms with E-state index in [4.69, 9.17) is 4.74 Å². The maximum absolute atomic E-state index is 12.9. The Hall–Kier alpha value is -2.31. The first-order valence-corrected chi connectivity index (χ1v) is 8.71. The van der Waals surface area contributed by atoms with E-state index in [0.29, 0.717) is 18.7 Å². The predicted octanol–water partition coefficient (Wildman–Crippen LogP) is 5.14. The molecular formula is C19H22F3NO3. The van der Waals surface area contributed by atoms with Gasteiger partial charge >= 0.3 is 12.1 Å². The number of rotatable bonds is 8. The summed E-state index contributed by atoms with van der Waals surface area (Å²) in [7, 11) is 0. The van der Waals surface area contributed by atoms with Crippen molar-refractivity contribution in [3.8, 4) is 0 Å². The monoisotopic (exact) mass is 369 g/mol. The van der Waals surface area contributed by atoms with E-state index in [1.807, 2.05) is 13.8 Å². The third-order valence-corrected chi connectivity index (χ3v) is 4.10. The molecule has 2 rings (SSSR count).